The third-order valence-corrected chi connectivity index (χ3v) is 7.05. The van der Waals surface area contributed by atoms with E-state index in [-0.39, 0.29) is 41.5 Å². The molecule has 0 radical (unpaired) electrons. The molecule has 0 bridgehead atoms. The zero-order valence-electron chi connectivity index (χ0n) is 20.7. The second kappa shape index (κ2) is 9.89. The molecule has 4 aromatic rings. The number of nitrogens with one attached hydrogen (secondary N) is 2. The molecule has 1 aliphatic heterocycles. The van der Waals surface area contributed by atoms with Gasteiger partial charge in [-0.2, -0.15) is 16.9 Å². The van der Waals surface area contributed by atoms with E-state index in [2.05, 4.69) is 30.7 Å². The molecule has 3 aromatic heterocycles. The van der Waals surface area contributed by atoms with E-state index in [0.717, 1.165) is 12.2 Å². The van der Waals surface area contributed by atoms with Gasteiger partial charge in [-0.25, -0.2) is 24.0 Å². The lowest BCUT2D eigenvalue weighted by Gasteiger charge is -2.18. The van der Waals surface area contributed by atoms with E-state index in [1.165, 1.54) is 6.07 Å². The van der Waals surface area contributed by atoms with Crippen LogP contribution < -0.4 is 10.6 Å². The number of carbonyl (C=O) groups is 2. The number of aromatic nitrogens is 5. The zero-order chi connectivity index (χ0) is 26.2. The Morgan fingerprint density at radius 1 is 1.19 bits per heavy atom. The van der Waals surface area contributed by atoms with Crippen molar-refractivity contribution in [2.24, 2.45) is 0 Å². The minimum atomic E-state index is -0.979. The highest BCUT2D eigenvalue weighted by atomic mass is 32.2. The van der Waals surface area contributed by atoms with Crippen molar-refractivity contribution in [1.29, 1.82) is 0 Å². The second-order valence-corrected chi connectivity index (χ2v) is 10.3. The molecule has 0 spiro atoms. The zero-order valence-corrected chi connectivity index (χ0v) is 21.5. The maximum atomic E-state index is 14.4. The Bertz CT molecular complexity index is 1520. The van der Waals surface area contributed by atoms with Gasteiger partial charge in [-0.15, -0.1) is 0 Å². The van der Waals surface area contributed by atoms with Crippen LogP contribution in [0, 0.1) is 5.82 Å². The molecule has 0 saturated heterocycles. The van der Waals surface area contributed by atoms with E-state index < -0.39 is 5.41 Å². The summed E-state index contributed by atoms with van der Waals surface area (Å²) in [5.74, 6) is 0.395. The van der Waals surface area contributed by atoms with Gasteiger partial charge in [0.15, 0.2) is 11.5 Å². The summed E-state index contributed by atoms with van der Waals surface area (Å²) < 4.78 is 16.0. The molecule has 0 atom stereocenters. The van der Waals surface area contributed by atoms with Crippen molar-refractivity contribution in [2.45, 2.75) is 32.2 Å². The quantitative estimate of drug-likeness (QED) is 0.341. The molecule has 0 aliphatic carbocycles. The summed E-state index contributed by atoms with van der Waals surface area (Å²) >= 11 is 1.70. The summed E-state index contributed by atoms with van der Waals surface area (Å²) in [6, 6.07) is 10.1. The van der Waals surface area contributed by atoms with Crippen LogP contribution in [0.1, 0.15) is 41.9 Å². The number of carbonyl (C=O) groups excluding carboxylic acids is 2. The van der Waals surface area contributed by atoms with Crippen molar-refractivity contribution in [3.05, 3.63) is 65.2 Å². The highest BCUT2D eigenvalue weighted by molar-refractivity contribution is 7.98. The molecule has 0 unspecified atom stereocenters. The van der Waals surface area contributed by atoms with Crippen LogP contribution in [0.3, 0.4) is 0 Å². The van der Waals surface area contributed by atoms with Crippen LogP contribution in [-0.4, -0.2) is 55.1 Å². The SMILES string of the molecule is CSCCCNC(=O)c1nc(-c2nn(Cc3ccccc3F)c3ncccc23)nc2c1C(C)(C)C(=O)N2. The van der Waals surface area contributed by atoms with Crippen molar-refractivity contribution in [3.8, 4) is 11.5 Å². The molecule has 1 aliphatic rings. The van der Waals surface area contributed by atoms with Crippen LogP contribution in [0.5, 0.6) is 0 Å². The Morgan fingerprint density at radius 3 is 2.78 bits per heavy atom. The predicted molar refractivity (Wildman–Crippen MR) is 141 cm³/mol. The molecule has 9 nitrogen and oxygen atoms in total. The minimum absolute atomic E-state index is 0.133. The van der Waals surface area contributed by atoms with E-state index in [9.17, 15) is 14.0 Å². The maximum absolute atomic E-state index is 14.4. The Kier molecular flexibility index (Phi) is 6.63. The van der Waals surface area contributed by atoms with Gasteiger partial charge in [0, 0.05) is 23.9 Å². The Labute approximate surface area is 217 Å². The van der Waals surface area contributed by atoms with Gasteiger partial charge in [-0.3, -0.25) is 9.59 Å². The van der Waals surface area contributed by atoms with E-state index in [1.54, 1.807) is 60.8 Å². The van der Waals surface area contributed by atoms with Gasteiger partial charge in [0.05, 0.1) is 17.3 Å². The Hall–Kier alpha value is -3.86. The van der Waals surface area contributed by atoms with E-state index in [4.69, 9.17) is 0 Å². The summed E-state index contributed by atoms with van der Waals surface area (Å²) in [5.41, 5.74) is 0.978. The van der Waals surface area contributed by atoms with Gasteiger partial charge in [-0.05, 0) is 50.5 Å². The average molecular weight is 520 g/mol. The topological polar surface area (TPSA) is 115 Å². The second-order valence-electron chi connectivity index (χ2n) is 9.27. The molecule has 4 heterocycles. The van der Waals surface area contributed by atoms with E-state index in [1.807, 2.05) is 12.3 Å². The average Bonchev–Trinajstić information content (AvgIpc) is 3.36. The van der Waals surface area contributed by atoms with Crippen LogP contribution in [-0.2, 0) is 16.8 Å². The van der Waals surface area contributed by atoms with Gasteiger partial charge in [0.1, 0.15) is 23.0 Å². The van der Waals surface area contributed by atoms with E-state index >= 15 is 0 Å². The number of benzene rings is 1. The standard InChI is InChI=1S/C26H26FN7O2S/c1-26(2)18-20(24(35)29-12-7-13-37-3)30-22(31-21(18)32-25(26)36)19-16-9-6-11-28-23(16)34(33-19)14-15-8-4-5-10-17(15)27/h4-6,8-11H,7,12-14H2,1-3H3,(H,29,35)(H,30,31,32,36). The first-order chi connectivity index (χ1) is 17.8. The number of thioether (sulfide) groups is 1. The molecule has 2 N–H and O–H groups in total. The number of nitrogens with zero attached hydrogens (tertiary/aromatic N) is 5. The summed E-state index contributed by atoms with van der Waals surface area (Å²) in [6.45, 7) is 4.12. The Morgan fingerprint density at radius 2 is 2.00 bits per heavy atom. The van der Waals surface area contributed by atoms with Gasteiger partial charge in [-0.1, -0.05) is 18.2 Å². The molecule has 5 rings (SSSR count). The summed E-state index contributed by atoms with van der Waals surface area (Å²) in [5, 5.41) is 11.0. The van der Waals surface area contributed by atoms with Gasteiger partial charge >= 0.3 is 0 Å². The maximum Gasteiger partial charge on any atom is 0.270 e. The Balaban J connectivity index is 1.62. The monoisotopic (exact) mass is 519 g/mol. The third-order valence-electron chi connectivity index (χ3n) is 6.36. The molecule has 37 heavy (non-hydrogen) atoms. The van der Waals surface area contributed by atoms with Crippen molar-refractivity contribution in [3.63, 3.8) is 0 Å². The fourth-order valence-electron chi connectivity index (χ4n) is 4.37. The highest BCUT2D eigenvalue weighted by Gasteiger charge is 2.44. The number of amides is 2. The number of halogens is 1. The number of anilines is 1. The van der Waals surface area contributed by atoms with Gasteiger partial charge in [0.25, 0.3) is 5.91 Å². The number of hydrogen-bond donors (Lipinski definition) is 2. The van der Waals surface area contributed by atoms with Crippen molar-refractivity contribution >= 4 is 40.4 Å². The van der Waals surface area contributed by atoms with Gasteiger partial charge < -0.3 is 10.6 Å². The molecule has 0 saturated carbocycles. The number of fused-ring (bicyclic) bond motifs is 2. The van der Waals surface area contributed by atoms with Crippen LogP contribution in [0.2, 0.25) is 0 Å². The molecule has 1 aromatic carbocycles. The summed E-state index contributed by atoms with van der Waals surface area (Å²) in [6.07, 6.45) is 4.45. The van der Waals surface area contributed by atoms with E-state index in [0.29, 0.717) is 34.4 Å². The number of hydrogen-bond acceptors (Lipinski definition) is 7. The van der Waals surface area contributed by atoms with Crippen molar-refractivity contribution in [2.75, 3.05) is 23.9 Å². The van der Waals surface area contributed by atoms with Crippen LogP contribution in [0.25, 0.3) is 22.6 Å². The molecular formula is C26H26FN7O2S. The lowest BCUT2D eigenvalue weighted by molar-refractivity contribution is -0.119. The first kappa shape index (κ1) is 24.8. The molecule has 2 amide bonds. The first-order valence-corrected chi connectivity index (χ1v) is 13.3. The summed E-state index contributed by atoms with van der Waals surface area (Å²) in [7, 11) is 0. The first-order valence-electron chi connectivity index (χ1n) is 11.9. The predicted octanol–water partition coefficient (Wildman–Crippen LogP) is 3.79. The lowest BCUT2D eigenvalue weighted by Crippen LogP contribution is -2.32. The smallest absolute Gasteiger partial charge is 0.270 e. The highest BCUT2D eigenvalue weighted by Crippen LogP contribution is 2.39. The third kappa shape index (κ3) is 4.55. The number of rotatable bonds is 8. The van der Waals surface area contributed by atoms with Crippen LogP contribution in [0.15, 0.2) is 42.6 Å². The van der Waals surface area contributed by atoms with Crippen molar-refractivity contribution in [1.82, 2.24) is 30.0 Å². The molecular weight excluding hydrogens is 493 g/mol. The van der Waals surface area contributed by atoms with Crippen LogP contribution >= 0.6 is 11.8 Å². The lowest BCUT2D eigenvalue weighted by atomic mass is 9.85. The molecule has 11 heteroatoms. The molecule has 0 fully saturated rings. The van der Waals surface area contributed by atoms with Crippen molar-refractivity contribution < 1.29 is 14.0 Å². The fraction of sp³-hybridized carbons (Fsp3) is 0.308. The summed E-state index contributed by atoms with van der Waals surface area (Å²) in [4.78, 5) is 39.7. The van der Waals surface area contributed by atoms with Gasteiger partial charge in [0.2, 0.25) is 5.91 Å². The number of pyridine rings is 1. The normalized spacial score (nSPS) is 14.0. The molecule has 190 valence electrons. The minimum Gasteiger partial charge on any atom is -0.351 e. The largest absolute Gasteiger partial charge is 0.351 e. The fourth-order valence-corrected chi connectivity index (χ4v) is 4.80. The van der Waals surface area contributed by atoms with Crippen LogP contribution in [0.4, 0.5) is 10.2 Å².